The number of hydrogen-bond acceptors (Lipinski definition) is 9. The maximum absolute atomic E-state index is 14.0. The molecule has 0 N–H and O–H groups in total. The topological polar surface area (TPSA) is 108 Å². The molecule has 1 amide bonds. The Hall–Kier alpha value is -4.18. The van der Waals surface area contributed by atoms with Crippen molar-refractivity contribution in [3.05, 3.63) is 79.6 Å². The average molecular weight is 577 g/mol. The van der Waals surface area contributed by atoms with E-state index in [0.29, 0.717) is 40.3 Å². The molecule has 0 fully saturated rings. The summed E-state index contributed by atoms with van der Waals surface area (Å²) >= 11 is 1.03. The van der Waals surface area contributed by atoms with Crippen LogP contribution in [-0.4, -0.2) is 37.7 Å². The van der Waals surface area contributed by atoms with Gasteiger partial charge < -0.3 is 18.6 Å². The Kier molecular flexibility index (Phi) is 8.12. The predicted molar refractivity (Wildman–Crippen MR) is 157 cm³/mol. The standard InChI is InChI=1S/C31H32N2O7S/c1-6-7-8-9-14-39-22-13-11-19(16-23(22)37-4)25-24-26(34)20-15-17(2)10-12-21(20)40-27(24)29(35)33(25)31-32-18(3)28(41-31)30(36)38-5/h10-13,15-16,25H,6-9,14H2,1-5H3. The van der Waals surface area contributed by atoms with E-state index >= 15 is 0 Å². The molecule has 0 saturated carbocycles. The van der Waals surface area contributed by atoms with Crippen LogP contribution < -0.4 is 19.8 Å². The summed E-state index contributed by atoms with van der Waals surface area (Å²) in [4.78, 5) is 46.5. The van der Waals surface area contributed by atoms with Gasteiger partial charge in [0.2, 0.25) is 5.76 Å². The number of unbranched alkanes of at least 4 members (excludes halogenated alkanes) is 3. The average Bonchev–Trinajstić information content (AvgIpc) is 3.50. The van der Waals surface area contributed by atoms with Crippen molar-refractivity contribution in [2.24, 2.45) is 0 Å². The fourth-order valence-electron chi connectivity index (χ4n) is 5.05. The van der Waals surface area contributed by atoms with Crippen LogP contribution in [0.1, 0.15) is 81.3 Å². The summed E-state index contributed by atoms with van der Waals surface area (Å²) in [7, 11) is 2.84. The minimum atomic E-state index is -0.873. The summed E-state index contributed by atoms with van der Waals surface area (Å²) in [5.41, 5.74) is 2.15. The lowest BCUT2D eigenvalue weighted by Crippen LogP contribution is -2.29. The molecule has 2 aromatic carbocycles. The Bertz CT molecular complexity index is 1690. The number of aryl methyl sites for hydroxylation is 2. The van der Waals surface area contributed by atoms with Crippen LogP contribution in [0.3, 0.4) is 0 Å². The van der Waals surface area contributed by atoms with Crippen molar-refractivity contribution in [3.63, 3.8) is 0 Å². The molecule has 41 heavy (non-hydrogen) atoms. The number of carbonyl (C=O) groups excluding carboxylic acids is 2. The molecule has 1 aliphatic heterocycles. The van der Waals surface area contributed by atoms with Crippen LogP contribution in [0.25, 0.3) is 11.0 Å². The van der Waals surface area contributed by atoms with Gasteiger partial charge in [-0.25, -0.2) is 9.78 Å². The highest BCUT2D eigenvalue weighted by molar-refractivity contribution is 7.17. The minimum Gasteiger partial charge on any atom is -0.493 e. The van der Waals surface area contributed by atoms with E-state index in [0.717, 1.165) is 42.6 Å². The molecule has 1 atom stereocenters. The first-order valence-corrected chi connectivity index (χ1v) is 14.4. The molecule has 0 aliphatic carbocycles. The molecule has 10 heteroatoms. The van der Waals surface area contributed by atoms with Gasteiger partial charge in [-0.2, -0.15) is 0 Å². The number of esters is 1. The van der Waals surface area contributed by atoms with Crippen molar-refractivity contribution in [1.82, 2.24) is 4.98 Å². The van der Waals surface area contributed by atoms with Gasteiger partial charge in [0.05, 0.1) is 43.5 Å². The van der Waals surface area contributed by atoms with Crippen LogP contribution in [0.15, 0.2) is 45.6 Å². The molecule has 0 bridgehead atoms. The number of methoxy groups -OCH3 is 2. The van der Waals surface area contributed by atoms with Crippen molar-refractivity contribution < 1.29 is 28.2 Å². The van der Waals surface area contributed by atoms with Crippen LogP contribution in [0.5, 0.6) is 11.5 Å². The number of aromatic nitrogens is 1. The van der Waals surface area contributed by atoms with Crippen molar-refractivity contribution in [2.45, 2.75) is 52.5 Å². The number of carbonyl (C=O) groups is 2. The number of amides is 1. The number of fused-ring (bicyclic) bond motifs is 2. The van der Waals surface area contributed by atoms with Gasteiger partial charge in [-0.3, -0.25) is 14.5 Å². The fraction of sp³-hybridized carbons (Fsp3) is 0.355. The SMILES string of the molecule is CCCCCCOc1ccc(C2c3c(oc4ccc(C)cc4c3=O)C(=O)N2c2nc(C)c(C(=O)OC)s2)cc1OC. The van der Waals surface area contributed by atoms with Gasteiger partial charge >= 0.3 is 5.97 Å². The number of thiazole rings is 1. The van der Waals surface area contributed by atoms with E-state index in [9.17, 15) is 14.4 Å². The highest BCUT2D eigenvalue weighted by Gasteiger charge is 2.45. The third-order valence-corrected chi connectivity index (χ3v) is 8.28. The molecule has 4 aromatic rings. The predicted octanol–water partition coefficient (Wildman–Crippen LogP) is 6.37. The second kappa shape index (κ2) is 11.7. The zero-order valence-corrected chi connectivity index (χ0v) is 24.6. The summed E-state index contributed by atoms with van der Waals surface area (Å²) in [5, 5.41) is 0.632. The van der Waals surface area contributed by atoms with E-state index in [1.54, 1.807) is 38.3 Å². The van der Waals surface area contributed by atoms with Crippen molar-refractivity contribution >= 4 is 39.3 Å². The lowest BCUT2D eigenvalue weighted by molar-refractivity contribution is 0.0605. The number of rotatable bonds is 10. The molecular weight excluding hydrogens is 544 g/mol. The second-order valence-electron chi connectivity index (χ2n) is 9.97. The smallest absolute Gasteiger partial charge is 0.350 e. The Morgan fingerprint density at radius 1 is 1.05 bits per heavy atom. The second-order valence-corrected chi connectivity index (χ2v) is 11.0. The Morgan fingerprint density at radius 3 is 2.59 bits per heavy atom. The van der Waals surface area contributed by atoms with E-state index in [1.165, 1.54) is 12.0 Å². The molecule has 2 aromatic heterocycles. The third kappa shape index (κ3) is 5.19. The Morgan fingerprint density at radius 2 is 1.85 bits per heavy atom. The van der Waals surface area contributed by atoms with Gasteiger partial charge in [0.15, 0.2) is 22.1 Å². The molecule has 0 radical (unpaired) electrons. The summed E-state index contributed by atoms with van der Waals surface area (Å²) in [5.74, 6) is -0.0815. The van der Waals surface area contributed by atoms with E-state index in [2.05, 4.69) is 11.9 Å². The van der Waals surface area contributed by atoms with Crippen LogP contribution in [0.2, 0.25) is 0 Å². The van der Waals surface area contributed by atoms with E-state index in [-0.39, 0.29) is 26.8 Å². The van der Waals surface area contributed by atoms with Crippen LogP contribution in [0, 0.1) is 13.8 Å². The highest BCUT2D eigenvalue weighted by atomic mass is 32.1. The van der Waals surface area contributed by atoms with Crippen molar-refractivity contribution in [1.29, 1.82) is 0 Å². The quantitative estimate of drug-likeness (QED) is 0.158. The summed E-state index contributed by atoms with van der Waals surface area (Å²) in [6.45, 7) is 6.27. The van der Waals surface area contributed by atoms with Gasteiger partial charge in [0, 0.05) is 0 Å². The third-order valence-electron chi connectivity index (χ3n) is 7.15. The number of hydrogen-bond donors (Lipinski definition) is 0. The molecule has 9 nitrogen and oxygen atoms in total. The monoisotopic (exact) mass is 576 g/mol. The van der Waals surface area contributed by atoms with Gasteiger partial charge in [-0.1, -0.05) is 55.2 Å². The number of benzene rings is 2. The number of ether oxygens (including phenoxy) is 3. The molecule has 3 heterocycles. The summed E-state index contributed by atoms with van der Waals surface area (Å²) in [6, 6.07) is 9.76. The molecule has 214 valence electrons. The summed E-state index contributed by atoms with van der Waals surface area (Å²) < 4.78 is 22.6. The highest BCUT2D eigenvalue weighted by Crippen LogP contribution is 2.45. The largest absolute Gasteiger partial charge is 0.493 e. The molecule has 5 rings (SSSR count). The van der Waals surface area contributed by atoms with Gasteiger partial charge in [0.25, 0.3) is 5.91 Å². The number of anilines is 1. The Balaban J connectivity index is 1.65. The zero-order chi connectivity index (χ0) is 29.3. The number of nitrogens with zero attached hydrogens (tertiary/aromatic N) is 2. The van der Waals surface area contributed by atoms with E-state index in [4.69, 9.17) is 18.6 Å². The fourth-order valence-corrected chi connectivity index (χ4v) is 6.06. The first-order chi connectivity index (χ1) is 19.8. The lowest BCUT2D eigenvalue weighted by Gasteiger charge is -2.23. The molecular formula is C31H32N2O7S. The van der Waals surface area contributed by atoms with E-state index < -0.39 is 17.9 Å². The molecule has 0 saturated heterocycles. The molecule has 1 aliphatic rings. The van der Waals surface area contributed by atoms with Gasteiger partial charge in [0.1, 0.15) is 10.5 Å². The minimum absolute atomic E-state index is 0.0564. The van der Waals surface area contributed by atoms with Gasteiger partial charge in [-0.15, -0.1) is 0 Å². The maximum atomic E-state index is 14.0. The first kappa shape index (κ1) is 28.4. The van der Waals surface area contributed by atoms with Crippen LogP contribution >= 0.6 is 11.3 Å². The van der Waals surface area contributed by atoms with Crippen molar-refractivity contribution in [2.75, 3.05) is 25.7 Å². The summed E-state index contributed by atoms with van der Waals surface area (Å²) in [6.07, 6.45) is 4.29. The lowest BCUT2D eigenvalue weighted by atomic mass is 9.98. The first-order valence-electron chi connectivity index (χ1n) is 13.6. The van der Waals surface area contributed by atoms with Crippen LogP contribution in [0.4, 0.5) is 5.13 Å². The molecule has 0 spiro atoms. The van der Waals surface area contributed by atoms with Crippen molar-refractivity contribution in [3.8, 4) is 11.5 Å². The molecule has 1 unspecified atom stereocenters. The normalized spacial score (nSPS) is 14.4. The van der Waals surface area contributed by atoms with E-state index in [1.807, 2.05) is 19.1 Å². The Labute approximate surface area is 241 Å². The van der Waals surface area contributed by atoms with Gasteiger partial charge in [-0.05, 0) is 50.1 Å². The van der Waals surface area contributed by atoms with Crippen LogP contribution in [-0.2, 0) is 4.74 Å². The zero-order valence-electron chi connectivity index (χ0n) is 23.7. The maximum Gasteiger partial charge on any atom is 0.350 e.